The van der Waals surface area contributed by atoms with Gasteiger partial charge in [0.15, 0.2) is 5.16 Å². The van der Waals surface area contributed by atoms with Crippen molar-refractivity contribution >= 4 is 44.9 Å². The second kappa shape index (κ2) is 8.73. The summed E-state index contributed by atoms with van der Waals surface area (Å²) in [5.74, 6) is 0.675. The lowest BCUT2D eigenvalue weighted by Gasteiger charge is -2.06. The van der Waals surface area contributed by atoms with Crippen molar-refractivity contribution in [1.82, 2.24) is 9.97 Å². The summed E-state index contributed by atoms with van der Waals surface area (Å²) in [6.45, 7) is 2.03. The summed E-state index contributed by atoms with van der Waals surface area (Å²) in [4.78, 5) is 32.9. The molecule has 2 N–H and O–H groups in total. The largest absolute Gasteiger partial charge is 0.497 e. The number of ether oxygens (including phenoxy) is 1. The van der Waals surface area contributed by atoms with E-state index < -0.39 is 0 Å². The van der Waals surface area contributed by atoms with Gasteiger partial charge in [0.05, 0.1) is 18.2 Å². The number of aryl methyl sites for hydroxylation is 1. The van der Waals surface area contributed by atoms with E-state index in [1.807, 2.05) is 36.6 Å². The van der Waals surface area contributed by atoms with Crippen LogP contribution >= 0.6 is 23.1 Å². The second-order valence-corrected chi connectivity index (χ2v) is 8.45. The van der Waals surface area contributed by atoms with Gasteiger partial charge in [-0.3, -0.25) is 9.59 Å². The number of thiophene rings is 1. The molecule has 1 amide bonds. The zero-order valence-electron chi connectivity index (χ0n) is 16.4. The molecule has 0 atom stereocenters. The molecule has 2 aromatic carbocycles. The van der Waals surface area contributed by atoms with Gasteiger partial charge in [-0.1, -0.05) is 41.6 Å². The molecule has 2 heterocycles. The van der Waals surface area contributed by atoms with Gasteiger partial charge in [0.25, 0.3) is 5.56 Å². The molecule has 30 heavy (non-hydrogen) atoms. The van der Waals surface area contributed by atoms with E-state index in [2.05, 4.69) is 15.3 Å². The van der Waals surface area contributed by atoms with Gasteiger partial charge in [0.1, 0.15) is 10.6 Å². The standard InChI is InChI=1S/C22H19N3O3S2/c1-13-3-5-14(6-4-13)17-11-29-21-19(17)20(27)24-22(25-21)30-12-18(26)23-15-7-9-16(28-2)10-8-15/h3-11H,12H2,1-2H3,(H,23,26)(H,24,25,27). The van der Waals surface area contributed by atoms with E-state index in [-0.39, 0.29) is 17.2 Å². The van der Waals surface area contributed by atoms with Crippen molar-refractivity contribution in [2.24, 2.45) is 0 Å². The van der Waals surface area contributed by atoms with E-state index >= 15 is 0 Å². The highest BCUT2D eigenvalue weighted by Crippen LogP contribution is 2.31. The Morgan fingerprint density at radius 1 is 1.17 bits per heavy atom. The highest BCUT2D eigenvalue weighted by Gasteiger charge is 2.14. The van der Waals surface area contributed by atoms with Crippen LogP contribution in [0, 0.1) is 6.92 Å². The Kier molecular flexibility index (Phi) is 5.87. The molecular weight excluding hydrogens is 418 g/mol. The van der Waals surface area contributed by atoms with Crippen LogP contribution in [0.4, 0.5) is 5.69 Å². The van der Waals surface area contributed by atoms with E-state index in [9.17, 15) is 9.59 Å². The average molecular weight is 438 g/mol. The van der Waals surface area contributed by atoms with Gasteiger partial charge in [-0.05, 0) is 36.8 Å². The summed E-state index contributed by atoms with van der Waals surface area (Å²) in [5, 5.41) is 5.76. The van der Waals surface area contributed by atoms with Gasteiger partial charge >= 0.3 is 0 Å². The minimum Gasteiger partial charge on any atom is -0.497 e. The van der Waals surface area contributed by atoms with Gasteiger partial charge in [-0.25, -0.2) is 4.98 Å². The third kappa shape index (κ3) is 4.39. The number of aromatic amines is 1. The number of hydrogen-bond donors (Lipinski definition) is 2. The molecule has 4 rings (SSSR count). The smallest absolute Gasteiger partial charge is 0.260 e. The van der Waals surface area contributed by atoms with E-state index in [4.69, 9.17) is 4.74 Å². The highest BCUT2D eigenvalue weighted by atomic mass is 32.2. The van der Waals surface area contributed by atoms with Crippen LogP contribution in [0.25, 0.3) is 21.3 Å². The van der Waals surface area contributed by atoms with Crippen LogP contribution in [0.5, 0.6) is 5.75 Å². The number of benzene rings is 2. The first-order valence-electron chi connectivity index (χ1n) is 9.19. The average Bonchev–Trinajstić information content (AvgIpc) is 3.18. The number of anilines is 1. The first-order chi connectivity index (χ1) is 14.5. The van der Waals surface area contributed by atoms with Crippen molar-refractivity contribution in [1.29, 1.82) is 0 Å². The van der Waals surface area contributed by atoms with Crippen molar-refractivity contribution < 1.29 is 9.53 Å². The molecule has 0 aliphatic rings. The zero-order chi connectivity index (χ0) is 21.1. The number of H-pyrrole nitrogens is 1. The molecule has 0 saturated carbocycles. The lowest BCUT2D eigenvalue weighted by Crippen LogP contribution is -2.15. The fourth-order valence-electron chi connectivity index (χ4n) is 2.95. The predicted molar refractivity (Wildman–Crippen MR) is 123 cm³/mol. The Morgan fingerprint density at radius 2 is 1.90 bits per heavy atom. The predicted octanol–water partition coefficient (Wildman–Crippen LogP) is 4.70. The fraction of sp³-hybridized carbons (Fsp3) is 0.136. The number of methoxy groups -OCH3 is 1. The van der Waals surface area contributed by atoms with E-state index in [1.165, 1.54) is 23.1 Å². The minimum absolute atomic E-state index is 0.136. The number of aromatic nitrogens is 2. The van der Waals surface area contributed by atoms with E-state index in [1.54, 1.807) is 31.4 Å². The van der Waals surface area contributed by atoms with Gasteiger partial charge in [-0.15, -0.1) is 11.3 Å². The highest BCUT2D eigenvalue weighted by molar-refractivity contribution is 7.99. The summed E-state index contributed by atoms with van der Waals surface area (Å²) in [7, 11) is 1.59. The van der Waals surface area contributed by atoms with Crippen LogP contribution in [0.3, 0.4) is 0 Å². The topological polar surface area (TPSA) is 84.1 Å². The number of rotatable bonds is 6. The molecule has 0 radical (unpaired) electrons. The molecule has 2 aromatic heterocycles. The number of nitrogens with zero attached hydrogens (tertiary/aromatic N) is 1. The molecular formula is C22H19N3O3S2. The number of thioether (sulfide) groups is 1. The molecule has 0 aliphatic heterocycles. The lowest BCUT2D eigenvalue weighted by atomic mass is 10.1. The lowest BCUT2D eigenvalue weighted by molar-refractivity contribution is -0.113. The number of carbonyl (C=O) groups is 1. The molecule has 0 aliphatic carbocycles. The molecule has 6 nitrogen and oxygen atoms in total. The van der Waals surface area contributed by atoms with E-state index in [0.717, 1.165) is 22.4 Å². The summed E-state index contributed by atoms with van der Waals surface area (Å²) in [5.41, 5.74) is 3.50. The molecule has 0 bridgehead atoms. The fourth-order valence-corrected chi connectivity index (χ4v) is 4.61. The maximum atomic E-state index is 12.7. The molecule has 0 spiro atoms. The number of nitrogens with one attached hydrogen (secondary N) is 2. The van der Waals surface area contributed by atoms with Crippen LogP contribution < -0.4 is 15.6 Å². The Hall–Kier alpha value is -3.10. The third-order valence-corrected chi connectivity index (χ3v) is 6.24. The second-order valence-electron chi connectivity index (χ2n) is 6.63. The number of amides is 1. The SMILES string of the molecule is COc1ccc(NC(=O)CSc2nc3scc(-c4ccc(C)cc4)c3c(=O)[nH]2)cc1. The number of carbonyl (C=O) groups excluding carboxylic acids is 1. The van der Waals surface area contributed by atoms with Crippen LogP contribution in [0.1, 0.15) is 5.56 Å². The van der Waals surface area contributed by atoms with Crippen molar-refractivity contribution in [3.63, 3.8) is 0 Å². The quantitative estimate of drug-likeness (QED) is 0.337. The van der Waals surface area contributed by atoms with E-state index in [0.29, 0.717) is 21.1 Å². The zero-order valence-corrected chi connectivity index (χ0v) is 18.0. The van der Waals surface area contributed by atoms with Crippen molar-refractivity contribution in [3.8, 4) is 16.9 Å². The van der Waals surface area contributed by atoms with Crippen LogP contribution in [-0.2, 0) is 4.79 Å². The van der Waals surface area contributed by atoms with Crippen molar-refractivity contribution in [2.45, 2.75) is 12.1 Å². The summed E-state index contributed by atoms with van der Waals surface area (Å²) in [6.07, 6.45) is 0. The Balaban J connectivity index is 1.48. The number of hydrogen-bond acceptors (Lipinski definition) is 6. The molecule has 0 unspecified atom stereocenters. The van der Waals surface area contributed by atoms with Crippen LogP contribution in [-0.4, -0.2) is 28.7 Å². The molecule has 4 aromatic rings. The molecule has 8 heteroatoms. The summed E-state index contributed by atoms with van der Waals surface area (Å²) >= 11 is 2.62. The van der Waals surface area contributed by atoms with Crippen molar-refractivity contribution in [3.05, 3.63) is 69.8 Å². The van der Waals surface area contributed by atoms with Gasteiger partial charge < -0.3 is 15.0 Å². The first kappa shape index (κ1) is 20.2. The Labute approximate surface area is 181 Å². The normalized spacial score (nSPS) is 10.9. The maximum Gasteiger partial charge on any atom is 0.260 e. The molecule has 0 saturated heterocycles. The monoisotopic (exact) mass is 437 g/mol. The van der Waals surface area contributed by atoms with Crippen LogP contribution in [0.15, 0.2) is 63.9 Å². The van der Waals surface area contributed by atoms with Gasteiger partial charge in [0, 0.05) is 16.6 Å². The first-order valence-corrected chi connectivity index (χ1v) is 11.1. The van der Waals surface area contributed by atoms with Crippen molar-refractivity contribution in [2.75, 3.05) is 18.2 Å². The molecule has 0 fully saturated rings. The maximum absolute atomic E-state index is 12.7. The minimum atomic E-state index is -0.199. The van der Waals surface area contributed by atoms with Crippen LogP contribution in [0.2, 0.25) is 0 Å². The molecule has 152 valence electrons. The number of fused-ring (bicyclic) bond motifs is 1. The Bertz CT molecular complexity index is 1250. The third-order valence-electron chi connectivity index (χ3n) is 4.50. The van der Waals surface area contributed by atoms with Gasteiger partial charge in [0.2, 0.25) is 5.91 Å². The Morgan fingerprint density at radius 3 is 2.60 bits per heavy atom. The summed E-state index contributed by atoms with van der Waals surface area (Å²) < 4.78 is 5.10. The summed E-state index contributed by atoms with van der Waals surface area (Å²) in [6, 6.07) is 15.1. The van der Waals surface area contributed by atoms with Gasteiger partial charge in [-0.2, -0.15) is 0 Å².